The molecule has 0 saturated heterocycles. The molecule has 6 nitrogen and oxygen atoms in total. The summed E-state index contributed by atoms with van der Waals surface area (Å²) in [5.74, 6) is -3.80. The van der Waals surface area contributed by atoms with E-state index in [1.165, 1.54) is 0 Å². The van der Waals surface area contributed by atoms with E-state index in [9.17, 15) is 14.4 Å². The van der Waals surface area contributed by atoms with E-state index in [4.69, 9.17) is 14.2 Å². The fraction of sp³-hybridized carbons (Fsp3) is 0.500. The van der Waals surface area contributed by atoms with Crippen molar-refractivity contribution in [3.63, 3.8) is 0 Å². The molecule has 24 heavy (non-hydrogen) atoms. The molecule has 0 aromatic heterocycles. The van der Waals surface area contributed by atoms with Gasteiger partial charge in [0.1, 0.15) is 0 Å². The fourth-order valence-electron chi connectivity index (χ4n) is 2.42. The molecule has 0 bridgehead atoms. The molecule has 1 atom stereocenters. The molecule has 0 unspecified atom stereocenters. The van der Waals surface area contributed by atoms with Gasteiger partial charge in [0.15, 0.2) is 5.92 Å². The molecule has 0 saturated carbocycles. The zero-order valence-electron chi connectivity index (χ0n) is 14.3. The number of benzene rings is 1. The molecule has 0 spiro atoms. The topological polar surface area (TPSA) is 78.9 Å². The van der Waals surface area contributed by atoms with Gasteiger partial charge in [-0.1, -0.05) is 30.3 Å². The van der Waals surface area contributed by atoms with Gasteiger partial charge < -0.3 is 14.2 Å². The lowest BCUT2D eigenvalue weighted by atomic mass is 9.83. The van der Waals surface area contributed by atoms with Gasteiger partial charge in [0.25, 0.3) is 0 Å². The van der Waals surface area contributed by atoms with Crippen LogP contribution >= 0.6 is 0 Å². The van der Waals surface area contributed by atoms with Crippen molar-refractivity contribution in [3.8, 4) is 0 Å². The monoisotopic (exact) mass is 336 g/mol. The van der Waals surface area contributed by atoms with E-state index in [0.29, 0.717) is 5.56 Å². The summed E-state index contributed by atoms with van der Waals surface area (Å²) in [4.78, 5) is 36.6. The summed E-state index contributed by atoms with van der Waals surface area (Å²) in [5.41, 5.74) is 0.677. The number of ether oxygens (including phenoxy) is 3. The smallest absolute Gasteiger partial charge is 0.320 e. The third-order valence-corrected chi connectivity index (χ3v) is 3.40. The number of rotatable bonds is 9. The van der Waals surface area contributed by atoms with E-state index in [0.717, 1.165) is 0 Å². The van der Waals surface area contributed by atoms with Gasteiger partial charge in [0, 0.05) is 5.92 Å². The average Bonchev–Trinajstić information content (AvgIpc) is 2.56. The molecule has 0 fully saturated rings. The molecule has 0 radical (unpaired) electrons. The van der Waals surface area contributed by atoms with Crippen LogP contribution in [0.25, 0.3) is 0 Å². The average molecular weight is 336 g/mol. The van der Waals surface area contributed by atoms with Gasteiger partial charge in [0.05, 0.1) is 26.2 Å². The van der Waals surface area contributed by atoms with Crippen molar-refractivity contribution in [3.05, 3.63) is 35.9 Å². The van der Waals surface area contributed by atoms with Crippen LogP contribution in [-0.2, 0) is 28.6 Å². The Bertz CT molecular complexity index is 522. The van der Waals surface area contributed by atoms with E-state index >= 15 is 0 Å². The van der Waals surface area contributed by atoms with Crippen LogP contribution in [0.15, 0.2) is 30.3 Å². The third-order valence-electron chi connectivity index (χ3n) is 3.40. The molecule has 1 rings (SSSR count). The Morgan fingerprint density at radius 1 is 0.833 bits per heavy atom. The maximum Gasteiger partial charge on any atom is 0.320 e. The molecule has 0 aliphatic heterocycles. The first-order chi connectivity index (χ1) is 11.5. The molecule has 0 aliphatic rings. The molecule has 132 valence electrons. The standard InChI is InChI=1S/C18H24O6/c1-4-22-15(19)12-14(13-10-8-7-9-11-13)16(17(20)23-5-2)18(21)24-6-3/h7-11,14,16H,4-6,12H2,1-3H3/t14-/m1/s1. The fourth-order valence-corrected chi connectivity index (χ4v) is 2.42. The van der Waals surface area contributed by atoms with Crippen LogP contribution in [0.3, 0.4) is 0 Å². The maximum atomic E-state index is 12.3. The molecular formula is C18H24O6. The highest BCUT2D eigenvalue weighted by atomic mass is 16.6. The number of hydrogen-bond donors (Lipinski definition) is 0. The molecule has 0 heterocycles. The summed E-state index contributed by atoms with van der Waals surface area (Å²) < 4.78 is 15.0. The predicted octanol–water partition coefficient (Wildman–Crippen LogP) is 2.47. The summed E-state index contributed by atoms with van der Waals surface area (Å²) in [6, 6.07) is 8.89. The van der Waals surface area contributed by atoms with Crippen molar-refractivity contribution in [2.45, 2.75) is 33.1 Å². The van der Waals surface area contributed by atoms with Crippen LogP contribution in [0, 0.1) is 5.92 Å². The molecule has 1 aromatic carbocycles. The Morgan fingerprint density at radius 2 is 1.33 bits per heavy atom. The molecule has 0 N–H and O–H groups in total. The van der Waals surface area contributed by atoms with Crippen LogP contribution in [0.1, 0.15) is 38.7 Å². The minimum Gasteiger partial charge on any atom is -0.466 e. The maximum absolute atomic E-state index is 12.3. The molecule has 1 aromatic rings. The van der Waals surface area contributed by atoms with E-state index in [1.54, 1.807) is 45.0 Å². The zero-order valence-corrected chi connectivity index (χ0v) is 14.3. The summed E-state index contributed by atoms with van der Waals surface area (Å²) >= 11 is 0. The summed E-state index contributed by atoms with van der Waals surface area (Å²) in [6.45, 7) is 5.50. The quantitative estimate of drug-likeness (QED) is 0.391. The highest BCUT2D eigenvalue weighted by Gasteiger charge is 2.39. The van der Waals surface area contributed by atoms with Crippen LogP contribution in [0.4, 0.5) is 0 Å². The largest absolute Gasteiger partial charge is 0.466 e. The molecule has 0 aliphatic carbocycles. The minimum absolute atomic E-state index is 0.111. The number of esters is 3. The molecular weight excluding hydrogens is 312 g/mol. The Balaban J connectivity index is 3.20. The lowest BCUT2D eigenvalue weighted by molar-refractivity contribution is -0.163. The second kappa shape index (κ2) is 10.4. The van der Waals surface area contributed by atoms with Crippen LogP contribution in [0.5, 0.6) is 0 Å². The van der Waals surface area contributed by atoms with E-state index < -0.39 is 29.7 Å². The second-order valence-corrected chi connectivity index (χ2v) is 5.01. The van der Waals surface area contributed by atoms with Gasteiger partial charge in [0.2, 0.25) is 0 Å². The first-order valence-electron chi connectivity index (χ1n) is 8.08. The van der Waals surface area contributed by atoms with E-state index in [2.05, 4.69) is 0 Å². The first kappa shape index (κ1) is 19.7. The van der Waals surface area contributed by atoms with Gasteiger partial charge in [-0.2, -0.15) is 0 Å². The van der Waals surface area contributed by atoms with Gasteiger partial charge >= 0.3 is 17.9 Å². The summed E-state index contributed by atoms with van der Waals surface area (Å²) in [7, 11) is 0. The van der Waals surface area contributed by atoms with Crippen molar-refractivity contribution in [1.82, 2.24) is 0 Å². The van der Waals surface area contributed by atoms with Gasteiger partial charge in [-0.05, 0) is 26.3 Å². The second-order valence-electron chi connectivity index (χ2n) is 5.01. The number of hydrogen-bond acceptors (Lipinski definition) is 6. The minimum atomic E-state index is -1.21. The van der Waals surface area contributed by atoms with Crippen LogP contribution in [0.2, 0.25) is 0 Å². The normalized spacial score (nSPS) is 11.7. The number of carbonyl (C=O) groups is 3. The van der Waals surface area contributed by atoms with Crippen molar-refractivity contribution in [1.29, 1.82) is 0 Å². The SMILES string of the molecule is CCOC(=O)C[C@H](c1ccccc1)C(C(=O)OCC)C(=O)OCC. The molecule has 0 amide bonds. The van der Waals surface area contributed by atoms with Crippen molar-refractivity contribution in [2.75, 3.05) is 19.8 Å². The third kappa shape index (κ3) is 5.68. The van der Waals surface area contributed by atoms with Gasteiger partial charge in [-0.15, -0.1) is 0 Å². The lowest BCUT2D eigenvalue weighted by Gasteiger charge is -2.24. The zero-order chi connectivity index (χ0) is 17.9. The van der Waals surface area contributed by atoms with Gasteiger partial charge in [-0.3, -0.25) is 14.4 Å². The highest BCUT2D eigenvalue weighted by Crippen LogP contribution is 2.31. The highest BCUT2D eigenvalue weighted by molar-refractivity contribution is 5.96. The Kier molecular flexibility index (Phi) is 8.54. The van der Waals surface area contributed by atoms with Crippen LogP contribution in [-0.4, -0.2) is 37.7 Å². The Hall–Kier alpha value is -2.37. The predicted molar refractivity (Wildman–Crippen MR) is 87.2 cm³/mol. The van der Waals surface area contributed by atoms with E-state index in [-0.39, 0.29) is 26.2 Å². The Morgan fingerprint density at radius 3 is 1.79 bits per heavy atom. The van der Waals surface area contributed by atoms with Crippen LogP contribution < -0.4 is 0 Å². The van der Waals surface area contributed by atoms with Gasteiger partial charge in [-0.25, -0.2) is 0 Å². The Labute approximate surface area is 142 Å². The molecule has 6 heteroatoms. The summed E-state index contributed by atoms with van der Waals surface area (Å²) in [6.07, 6.45) is -0.111. The number of carbonyl (C=O) groups excluding carboxylic acids is 3. The van der Waals surface area contributed by atoms with E-state index in [1.807, 2.05) is 6.07 Å². The summed E-state index contributed by atoms with van der Waals surface area (Å²) in [5, 5.41) is 0. The first-order valence-corrected chi connectivity index (χ1v) is 8.08. The lowest BCUT2D eigenvalue weighted by Crippen LogP contribution is -2.34. The van der Waals surface area contributed by atoms with Crippen molar-refractivity contribution < 1.29 is 28.6 Å². The van der Waals surface area contributed by atoms with Crippen molar-refractivity contribution in [2.24, 2.45) is 5.92 Å². The van der Waals surface area contributed by atoms with Crippen molar-refractivity contribution >= 4 is 17.9 Å².